The molecular formula is C24H29N3O2. The summed E-state index contributed by atoms with van der Waals surface area (Å²) in [6, 6.07) is 20.2. The second-order valence-corrected chi connectivity index (χ2v) is 8.15. The third-order valence-electron chi connectivity index (χ3n) is 6.04. The second-order valence-electron chi connectivity index (χ2n) is 8.15. The van der Waals surface area contributed by atoms with E-state index < -0.39 is 0 Å². The lowest BCUT2D eigenvalue weighted by Gasteiger charge is -2.43. The minimum absolute atomic E-state index is 0.125. The molecule has 3 unspecified atom stereocenters. The fourth-order valence-corrected chi connectivity index (χ4v) is 4.61. The van der Waals surface area contributed by atoms with Crippen molar-refractivity contribution in [3.05, 3.63) is 71.8 Å². The molecule has 2 amide bonds. The summed E-state index contributed by atoms with van der Waals surface area (Å²) in [5, 5.41) is 3.40. The smallest absolute Gasteiger partial charge is 0.228 e. The van der Waals surface area contributed by atoms with Crippen LogP contribution in [0.15, 0.2) is 60.7 Å². The lowest BCUT2D eigenvalue weighted by atomic mass is 9.82. The molecule has 152 valence electrons. The van der Waals surface area contributed by atoms with Gasteiger partial charge in [0.25, 0.3) is 0 Å². The Morgan fingerprint density at radius 1 is 1.07 bits per heavy atom. The van der Waals surface area contributed by atoms with Crippen LogP contribution >= 0.6 is 0 Å². The number of carbonyl (C=O) groups excluding carboxylic acids is 2. The molecule has 0 saturated carbocycles. The summed E-state index contributed by atoms with van der Waals surface area (Å²) in [4.78, 5) is 30.4. The van der Waals surface area contributed by atoms with E-state index in [1.807, 2.05) is 70.5 Å². The molecule has 3 atom stereocenters. The molecule has 0 aliphatic carbocycles. The van der Waals surface area contributed by atoms with Gasteiger partial charge in [0.05, 0.1) is 12.0 Å². The van der Waals surface area contributed by atoms with Gasteiger partial charge in [-0.3, -0.25) is 9.59 Å². The first-order valence-electron chi connectivity index (χ1n) is 10.5. The van der Waals surface area contributed by atoms with Crippen LogP contribution in [0.2, 0.25) is 0 Å². The van der Waals surface area contributed by atoms with Gasteiger partial charge in [0.2, 0.25) is 11.8 Å². The van der Waals surface area contributed by atoms with Crippen LogP contribution in [0, 0.1) is 5.92 Å². The van der Waals surface area contributed by atoms with Gasteiger partial charge in [-0.25, -0.2) is 0 Å². The zero-order valence-corrected chi connectivity index (χ0v) is 17.0. The molecule has 0 aromatic heterocycles. The molecule has 1 N–H and O–H groups in total. The van der Waals surface area contributed by atoms with Crippen LogP contribution in [-0.4, -0.2) is 47.3 Å². The number of likely N-dealkylation sites (tertiary alicyclic amines) is 1. The molecule has 2 aliphatic rings. The highest BCUT2D eigenvalue weighted by molar-refractivity contribution is 5.85. The number of piperidine rings is 1. The Labute approximate surface area is 172 Å². The van der Waals surface area contributed by atoms with Gasteiger partial charge in [-0.15, -0.1) is 0 Å². The van der Waals surface area contributed by atoms with E-state index in [1.54, 1.807) is 0 Å². The molecule has 0 radical (unpaired) electrons. The second kappa shape index (κ2) is 8.78. The number of nitrogens with one attached hydrogen (secondary N) is 1. The molecule has 2 aromatic carbocycles. The van der Waals surface area contributed by atoms with Crippen LogP contribution in [0.25, 0.3) is 0 Å². The van der Waals surface area contributed by atoms with Crippen molar-refractivity contribution >= 4 is 11.8 Å². The van der Waals surface area contributed by atoms with Gasteiger partial charge in [-0.05, 0) is 24.5 Å². The van der Waals surface area contributed by atoms with Gasteiger partial charge in [-0.1, -0.05) is 60.7 Å². The summed E-state index contributed by atoms with van der Waals surface area (Å²) in [6.07, 6.45) is 1.04. The summed E-state index contributed by atoms with van der Waals surface area (Å²) < 4.78 is 0. The molecule has 2 saturated heterocycles. The fourth-order valence-electron chi connectivity index (χ4n) is 4.61. The average molecular weight is 392 g/mol. The predicted octanol–water partition coefficient (Wildman–Crippen LogP) is 2.99. The van der Waals surface area contributed by atoms with Gasteiger partial charge < -0.3 is 15.1 Å². The first-order valence-corrected chi connectivity index (χ1v) is 10.5. The van der Waals surface area contributed by atoms with Crippen molar-refractivity contribution in [3.8, 4) is 0 Å². The fraction of sp³-hybridized carbons (Fsp3) is 0.417. The number of hydrogen-bond donors (Lipinski definition) is 1. The summed E-state index contributed by atoms with van der Waals surface area (Å²) in [5.41, 5.74) is 2.13. The van der Waals surface area contributed by atoms with E-state index in [-0.39, 0.29) is 23.8 Å². The number of nitrogens with zero attached hydrogens (tertiary/aromatic N) is 2. The minimum atomic E-state index is -0.227. The Kier molecular flexibility index (Phi) is 5.95. The molecule has 5 nitrogen and oxygen atoms in total. The van der Waals surface area contributed by atoms with Crippen LogP contribution < -0.4 is 5.32 Å². The molecule has 0 spiro atoms. The number of piperazine rings is 1. The monoisotopic (exact) mass is 391 g/mol. The third kappa shape index (κ3) is 4.35. The quantitative estimate of drug-likeness (QED) is 0.872. The van der Waals surface area contributed by atoms with Crippen molar-refractivity contribution in [3.63, 3.8) is 0 Å². The molecule has 2 aromatic rings. The van der Waals surface area contributed by atoms with E-state index in [2.05, 4.69) is 12.2 Å². The lowest BCUT2D eigenvalue weighted by molar-refractivity contribution is -0.149. The molecule has 4 rings (SSSR count). The van der Waals surface area contributed by atoms with Crippen LogP contribution in [-0.2, 0) is 16.1 Å². The van der Waals surface area contributed by atoms with Crippen LogP contribution in [0.5, 0.6) is 0 Å². The number of carbonyl (C=O) groups is 2. The van der Waals surface area contributed by atoms with Crippen molar-refractivity contribution in [2.75, 3.05) is 19.6 Å². The third-order valence-corrected chi connectivity index (χ3v) is 6.04. The average Bonchev–Trinajstić information content (AvgIpc) is 2.76. The highest BCUT2D eigenvalue weighted by Crippen LogP contribution is 2.39. The largest absolute Gasteiger partial charge is 0.340 e. The van der Waals surface area contributed by atoms with E-state index in [1.165, 1.54) is 0 Å². The first-order chi connectivity index (χ1) is 14.1. The standard InChI is InChI=1S/C24H29N3O2/c1-18-16-26(15-14-25-18)24(29)21-12-13-22(28)27(17-19-8-4-2-5-9-19)23(21)20-10-6-3-7-11-20/h2-11,18,21,23,25H,12-17H2,1H3. The first kappa shape index (κ1) is 19.6. The predicted molar refractivity (Wildman–Crippen MR) is 113 cm³/mol. The topological polar surface area (TPSA) is 52.7 Å². The van der Waals surface area contributed by atoms with E-state index in [0.717, 1.165) is 30.8 Å². The zero-order valence-electron chi connectivity index (χ0n) is 17.0. The van der Waals surface area contributed by atoms with E-state index in [4.69, 9.17) is 0 Å². The van der Waals surface area contributed by atoms with Crippen LogP contribution in [0.3, 0.4) is 0 Å². The normalized spacial score (nSPS) is 25.1. The SMILES string of the molecule is CC1CN(C(=O)C2CCC(=O)N(Cc3ccccc3)C2c2ccccc2)CCN1. The Balaban J connectivity index is 1.66. The van der Waals surface area contributed by atoms with Crippen molar-refractivity contribution < 1.29 is 9.59 Å². The van der Waals surface area contributed by atoms with E-state index in [0.29, 0.717) is 25.4 Å². The Morgan fingerprint density at radius 2 is 1.76 bits per heavy atom. The number of benzene rings is 2. The summed E-state index contributed by atoms with van der Waals surface area (Å²) in [5.74, 6) is 0.0994. The Bertz CT molecular complexity index is 840. The highest BCUT2D eigenvalue weighted by Gasteiger charge is 2.42. The number of hydrogen-bond acceptors (Lipinski definition) is 3. The van der Waals surface area contributed by atoms with Crippen LogP contribution in [0.4, 0.5) is 0 Å². The molecule has 29 heavy (non-hydrogen) atoms. The van der Waals surface area contributed by atoms with E-state index >= 15 is 0 Å². The van der Waals surface area contributed by atoms with Gasteiger partial charge in [0.1, 0.15) is 0 Å². The van der Waals surface area contributed by atoms with Crippen LogP contribution in [0.1, 0.15) is 36.9 Å². The van der Waals surface area contributed by atoms with Crippen molar-refractivity contribution in [2.24, 2.45) is 5.92 Å². The summed E-state index contributed by atoms with van der Waals surface area (Å²) in [7, 11) is 0. The van der Waals surface area contributed by atoms with Crippen molar-refractivity contribution in [2.45, 2.75) is 38.4 Å². The molecule has 2 heterocycles. The van der Waals surface area contributed by atoms with Gasteiger partial charge >= 0.3 is 0 Å². The maximum absolute atomic E-state index is 13.5. The summed E-state index contributed by atoms with van der Waals surface area (Å²) >= 11 is 0. The van der Waals surface area contributed by atoms with Crippen molar-refractivity contribution in [1.29, 1.82) is 0 Å². The molecular weight excluding hydrogens is 362 g/mol. The molecule has 0 bridgehead atoms. The van der Waals surface area contributed by atoms with E-state index in [9.17, 15) is 9.59 Å². The van der Waals surface area contributed by atoms with Crippen molar-refractivity contribution in [1.82, 2.24) is 15.1 Å². The molecule has 2 aliphatic heterocycles. The van der Waals surface area contributed by atoms with Gasteiger partial charge in [-0.2, -0.15) is 0 Å². The van der Waals surface area contributed by atoms with Gasteiger partial charge in [0.15, 0.2) is 0 Å². The molecule has 5 heteroatoms. The Hall–Kier alpha value is -2.66. The maximum Gasteiger partial charge on any atom is 0.228 e. The minimum Gasteiger partial charge on any atom is -0.340 e. The van der Waals surface area contributed by atoms with Gasteiger partial charge in [0, 0.05) is 38.6 Å². The zero-order chi connectivity index (χ0) is 20.2. The molecule has 2 fully saturated rings. The number of amides is 2. The maximum atomic E-state index is 13.5. The lowest BCUT2D eigenvalue weighted by Crippen LogP contribution is -2.55. The Morgan fingerprint density at radius 3 is 2.45 bits per heavy atom. The number of rotatable bonds is 4. The summed E-state index contributed by atoms with van der Waals surface area (Å²) in [6.45, 7) is 4.92. The highest BCUT2D eigenvalue weighted by atomic mass is 16.2.